The number of fused-ring (bicyclic) bond motifs is 1. The van der Waals surface area contributed by atoms with Gasteiger partial charge in [-0.15, -0.1) is 12.4 Å². The third-order valence-electron chi connectivity index (χ3n) is 4.29. The van der Waals surface area contributed by atoms with E-state index in [0.29, 0.717) is 22.5 Å². The van der Waals surface area contributed by atoms with Crippen molar-refractivity contribution in [3.8, 4) is 0 Å². The molecule has 0 aliphatic carbocycles. The Morgan fingerprint density at radius 2 is 2.13 bits per heavy atom. The number of hydrogen-bond acceptors (Lipinski definition) is 4. The first kappa shape index (κ1) is 18.2. The van der Waals surface area contributed by atoms with Crippen molar-refractivity contribution in [1.82, 2.24) is 20.2 Å². The molecule has 1 aliphatic rings. The normalized spacial score (nSPS) is 16.4. The zero-order valence-corrected chi connectivity index (χ0v) is 14.7. The lowest BCUT2D eigenvalue weighted by molar-refractivity contribution is 0.173. The van der Waals surface area contributed by atoms with Crippen molar-refractivity contribution in [2.24, 2.45) is 5.92 Å². The second kappa shape index (κ2) is 8.11. The van der Waals surface area contributed by atoms with Gasteiger partial charge in [0.05, 0.1) is 17.4 Å². The van der Waals surface area contributed by atoms with E-state index in [-0.39, 0.29) is 18.0 Å². The molecule has 0 amide bonds. The quantitative estimate of drug-likeness (QED) is 0.882. The number of nitrogens with one attached hydrogen (secondary N) is 2. The van der Waals surface area contributed by atoms with Crippen molar-refractivity contribution in [1.29, 1.82) is 0 Å². The van der Waals surface area contributed by atoms with Gasteiger partial charge in [0.1, 0.15) is 5.82 Å². The highest BCUT2D eigenvalue weighted by atomic mass is 35.5. The molecule has 126 valence electrons. The Kier molecular flexibility index (Phi) is 6.41. The van der Waals surface area contributed by atoms with E-state index in [1.807, 2.05) is 7.05 Å². The standard InChI is InChI=1S/C16H21ClN4O.ClH/c1-18-9-11-4-6-21(7-5-11)10-15-19-14-3-2-12(17)8-13(14)16(22)20-15;/h2-3,8,11,18H,4-7,9-10H2,1H3,(H,19,20,22);1H. The molecule has 0 spiro atoms. The highest BCUT2D eigenvalue weighted by Gasteiger charge is 2.19. The second-order valence-electron chi connectivity index (χ2n) is 5.95. The molecule has 1 aromatic carbocycles. The maximum absolute atomic E-state index is 12.1. The number of halogens is 2. The summed E-state index contributed by atoms with van der Waals surface area (Å²) < 4.78 is 0. The number of aromatic nitrogens is 2. The average Bonchev–Trinajstić information content (AvgIpc) is 2.50. The number of piperidine rings is 1. The van der Waals surface area contributed by atoms with E-state index in [1.54, 1.807) is 18.2 Å². The van der Waals surface area contributed by atoms with Crippen molar-refractivity contribution in [2.75, 3.05) is 26.7 Å². The fraction of sp³-hybridized carbons (Fsp3) is 0.500. The lowest BCUT2D eigenvalue weighted by Crippen LogP contribution is -2.37. The van der Waals surface area contributed by atoms with Crippen LogP contribution >= 0.6 is 24.0 Å². The molecule has 2 N–H and O–H groups in total. The van der Waals surface area contributed by atoms with Crippen LogP contribution in [-0.4, -0.2) is 41.5 Å². The van der Waals surface area contributed by atoms with Crippen LogP contribution in [0.2, 0.25) is 5.02 Å². The van der Waals surface area contributed by atoms with Gasteiger partial charge in [0.15, 0.2) is 0 Å². The van der Waals surface area contributed by atoms with Crippen LogP contribution in [0.4, 0.5) is 0 Å². The number of hydrogen-bond donors (Lipinski definition) is 2. The smallest absolute Gasteiger partial charge is 0.258 e. The highest BCUT2D eigenvalue weighted by molar-refractivity contribution is 6.31. The molecule has 0 unspecified atom stereocenters. The fourth-order valence-corrected chi connectivity index (χ4v) is 3.26. The third-order valence-corrected chi connectivity index (χ3v) is 4.52. The van der Waals surface area contributed by atoms with Crippen molar-refractivity contribution < 1.29 is 0 Å². The van der Waals surface area contributed by atoms with E-state index >= 15 is 0 Å². The Morgan fingerprint density at radius 1 is 1.39 bits per heavy atom. The van der Waals surface area contributed by atoms with E-state index in [0.717, 1.165) is 31.4 Å². The van der Waals surface area contributed by atoms with Gasteiger partial charge in [0.2, 0.25) is 0 Å². The van der Waals surface area contributed by atoms with Gasteiger partial charge in [-0.1, -0.05) is 11.6 Å². The van der Waals surface area contributed by atoms with Gasteiger partial charge in [0, 0.05) is 5.02 Å². The molecule has 2 heterocycles. The number of aromatic amines is 1. The van der Waals surface area contributed by atoms with Gasteiger partial charge in [-0.25, -0.2) is 4.98 Å². The summed E-state index contributed by atoms with van der Waals surface area (Å²) in [7, 11) is 2.00. The van der Waals surface area contributed by atoms with Crippen LogP contribution in [0.3, 0.4) is 0 Å². The predicted octanol–water partition coefficient (Wildman–Crippen LogP) is 2.43. The van der Waals surface area contributed by atoms with Crippen LogP contribution in [0.5, 0.6) is 0 Å². The van der Waals surface area contributed by atoms with Crippen LogP contribution in [0, 0.1) is 5.92 Å². The van der Waals surface area contributed by atoms with E-state index in [4.69, 9.17) is 11.6 Å². The van der Waals surface area contributed by atoms with Gasteiger partial charge in [-0.3, -0.25) is 9.69 Å². The molecule has 1 aromatic heterocycles. The number of benzene rings is 1. The lowest BCUT2D eigenvalue weighted by atomic mass is 9.97. The van der Waals surface area contributed by atoms with Crippen molar-refractivity contribution in [3.05, 3.63) is 39.4 Å². The summed E-state index contributed by atoms with van der Waals surface area (Å²) in [5, 5.41) is 4.35. The average molecular weight is 357 g/mol. The summed E-state index contributed by atoms with van der Waals surface area (Å²) in [6.07, 6.45) is 2.38. The number of H-pyrrole nitrogens is 1. The van der Waals surface area contributed by atoms with Crippen LogP contribution in [0.15, 0.2) is 23.0 Å². The molecule has 5 nitrogen and oxygen atoms in total. The van der Waals surface area contributed by atoms with Gasteiger partial charge < -0.3 is 10.3 Å². The SMILES string of the molecule is CNCC1CCN(Cc2nc3ccc(Cl)cc3c(=O)[nH]2)CC1.Cl. The zero-order chi connectivity index (χ0) is 15.5. The Morgan fingerprint density at radius 3 is 2.83 bits per heavy atom. The molecule has 1 saturated heterocycles. The van der Waals surface area contributed by atoms with Gasteiger partial charge in [0.25, 0.3) is 5.56 Å². The molecule has 7 heteroatoms. The molecule has 0 saturated carbocycles. The largest absolute Gasteiger partial charge is 0.319 e. The minimum atomic E-state index is -0.118. The zero-order valence-electron chi connectivity index (χ0n) is 13.1. The van der Waals surface area contributed by atoms with Crippen molar-refractivity contribution in [3.63, 3.8) is 0 Å². The number of nitrogens with zero attached hydrogens (tertiary/aromatic N) is 2. The van der Waals surface area contributed by atoms with E-state index < -0.39 is 0 Å². The summed E-state index contributed by atoms with van der Waals surface area (Å²) in [4.78, 5) is 21.9. The number of likely N-dealkylation sites (tertiary alicyclic amines) is 1. The first-order valence-corrected chi connectivity index (χ1v) is 8.09. The second-order valence-corrected chi connectivity index (χ2v) is 6.39. The van der Waals surface area contributed by atoms with Crippen LogP contribution in [0.25, 0.3) is 10.9 Å². The van der Waals surface area contributed by atoms with Crippen LogP contribution < -0.4 is 10.9 Å². The molecule has 0 bridgehead atoms. The predicted molar refractivity (Wildman–Crippen MR) is 96.5 cm³/mol. The maximum atomic E-state index is 12.1. The van der Waals surface area contributed by atoms with Crippen molar-refractivity contribution in [2.45, 2.75) is 19.4 Å². The first-order valence-electron chi connectivity index (χ1n) is 7.71. The third kappa shape index (κ3) is 4.44. The minimum absolute atomic E-state index is 0. The molecular formula is C16H22Cl2N4O. The fourth-order valence-electron chi connectivity index (χ4n) is 3.08. The molecule has 0 radical (unpaired) electrons. The summed E-state index contributed by atoms with van der Waals surface area (Å²) in [5.41, 5.74) is 0.584. The highest BCUT2D eigenvalue weighted by Crippen LogP contribution is 2.18. The molecule has 3 rings (SSSR count). The Labute approximate surface area is 146 Å². The molecule has 23 heavy (non-hydrogen) atoms. The molecule has 1 fully saturated rings. The van der Waals surface area contributed by atoms with E-state index in [1.165, 1.54) is 12.8 Å². The lowest BCUT2D eigenvalue weighted by Gasteiger charge is -2.31. The van der Waals surface area contributed by atoms with Gasteiger partial charge in [-0.05, 0) is 63.6 Å². The Bertz CT molecular complexity index is 711. The van der Waals surface area contributed by atoms with E-state index in [9.17, 15) is 4.79 Å². The van der Waals surface area contributed by atoms with Gasteiger partial charge >= 0.3 is 0 Å². The Hall–Kier alpha value is -1.14. The molecule has 0 atom stereocenters. The van der Waals surface area contributed by atoms with Crippen molar-refractivity contribution >= 4 is 34.9 Å². The summed E-state index contributed by atoms with van der Waals surface area (Å²) in [6.45, 7) is 3.88. The van der Waals surface area contributed by atoms with E-state index in [2.05, 4.69) is 20.2 Å². The molecule has 1 aliphatic heterocycles. The molecular weight excluding hydrogens is 335 g/mol. The minimum Gasteiger partial charge on any atom is -0.319 e. The molecule has 2 aromatic rings. The number of rotatable bonds is 4. The van der Waals surface area contributed by atoms with Crippen LogP contribution in [0.1, 0.15) is 18.7 Å². The first-order chi connectivity index (χ1) is 10.7. The summed E-state index contributed by atoms with van der Waals surface area (Å²) in [6, 6.07) is 5.23. The summed E-state index contributed by atoms with van der Waals surface area (Å²) >= 11 is 5.93. The van der Waals surface area contributed by atoms with Crippen LogP contribution in [-0.2, 0) is 6.54 Å². The summed E-state index contributed by atoms with van der Waals surface area (Å²) in [5.74, 6) is 1.49. The maximum Gasteiger partial charge on any atom is 0.258 e. The Balaban J connectivity index is 0.00000192. The topological polar surface area (TPSA) is 61.0 Å². The van der Waals surface area contributed by atoms with Gasteiger partial charge in [-0.2, -0.15) is 0 Å². The monoisotopic (exact) mass is 356 g/mol.